The summed E-state index contributed by atoms with van der Waals surface area (Å²) < 4.78 is 7.39. The smallest absolute Gasteiger partial charge is 0.216 e. The van der Waals surface area contributed by atoms with Crippen molar-refractivity contribution < 1.29 is 4.74 Å². The maximum atomic E-state index is 5.55. The monoisotopic (exact) mass is 292 g/mol. The summed E-state index contributed by atoms with van der Waals surface area (Å²) in [6, 6.07) is 0.389. The molecule has 3 heterocycles. The van der Waals surface area contributed by atoms with Crippen molar-refractivity contribution in [3.05, 3.63) is 27.8 Å². The molecule has 0 aromatic carbocycles. The highest BCUT2D eigenvalue weighted by molar-refractivity contribution is 7.07. The Morgan fingerprint density at radius 1 is 1.50 bits per heavy atom. The molecule has 20 heavy (non-hydrogen) atoms. The van der Waals surface area contributed by atoms with Crippen LogP contribution >= 0.6 is 11.3 Å². The fourth-order valence-corrected chi connectivity index (χ4v) is 3.69. The number of hydrogen-bond donors (Lipinski definition) is 0. The standard InChI is InChI=1S/C14H20N4OS/c1-10-13(14(19-3)17(2)16-10)12-5-4-6-18(12)7-11-8-20-9-15-11/h8-9,12H,4-7H2,1-3H3. The molecular formula is C14H20N4OS. The largest absolute Gasteiger partial charge is 0.481 e. The van der Waals surface area contributed by atoms with Crippen LogP contribution in [0.3, 0.4) is 0 Å². The average molecular weight is 292 g/mol. The highest BCUT2D eigenvalue weighted by Crippen LogP contribution is 2.39. The summed E-state index contributed by atoms with van der Waals surface area (Å²) in [4.78, 5) is 6.89. The molecule has 2 aromatic heterocycles. The van der Waals surface area contributed by atoms with Crippen molar-refractivity contribution in [1.29, 1.82) is 0 Å². The van der Waals surface area contributed by atoms with Gasteiger partial charge in [-0.25, -0.2) is 9.67 Å². The van der Waals surface area contributed by atoms with E-state index in [2.05, 4.69) is 27.3 Å². The molecule has 0 spiro atoms. The zero-order valence-corrected chi connectivity index (χ0v) is 13.0. The highest BCUT2D eigenvalue weighted by atomic mass is 32.1. The molecular weight excluding hydrogens is 272 g/mol. The third kappa shape index (κ3) is 2.33. The van der Waals surface area contributed by atoms with Crippen molar-refractivity contribution in [2.45, 2.75) is 32.4 Å². The lowest BCUT2D eigenvalue weighted by Crippen LogP contribution is -2.23. The van der Waals surface area contributed by atoms with Crippen molar-refractivity contribution in [3.8, 4) is 5.88 Å². The van der Waals surface area contributed by atoms with Gasteiger partial charge >= 0.3 is 0 Å². The van der Waals surface area contributed by atoms with Gasteiger partial charge in [-0.05, 0) is 26.3 Å². The predicted molar refractivity (Wildman–Crippen MR) is 79.0 cm³/mol. The van der Waals surface area contributed by atoms with E-state index in [1.807, 2.05) is 17.2 Å². The third-order valence-corrected chi connectivity index (χ3v) is 4.59. The van der Waals surface area contributed by atoms with Crippen molar-refractivity contribution in [2.24, 2.45) is 7.05 Å². The Bertz CT molecular complexity index is 578. The number of ether oxygens (including phenoxy) is 1. The number of aryl methyl sites for hydroxylation is 2. The van der Waals surface area contributed by atoms with Gasteiger partial charge in [-0.3, -0.25) is 4.90 Å². The van der Waals surface area contributed by atoms with Gasteiger partial charge in [0.15, 0.2) is 0 Å². The molecule has 0 N–H and O–H groups in total. The quantitative estimate of drug-likeness (QED) is 0.868. The van der Waals surface area contributed by atoms with Gasteiger partial charge in [0, 0.05) is 25.0 Å². The zero-order valence-electron chi connectivity index (χ0n) is 12.2. The molecule has 0 radical (unpaired) electrons. The Kier molecular flexibility index (Phi) is 3.76. The molecule has 1 saturated heterocycles. The van der Waals surface area contributed by atoms with Crippen LogP contribution in [0.5, 0.6) is 5.88 Å². The Morgan fingerprint density at radius 3 is 3.05 bits per heavy atom. The van der Waals surface area contributed by atoms with E-state index in [1.54, 1.807) is 18.4 Å². The lowest BCUT2D eigenvalue weighted by atomic mass is 10.0. The molecule has 0 saturated carbocycles. The number of hydrogen-bond acceptors (Lipinski definition) is 5. The van der Waals surface area contributed by atoms with Crippen molar-refractivity contribution in [3.63, 3.8) is 0 Å². The van der Waals surface area contributed by atoms with E-state index in [0.717, 1.165) is 36.8 Å². The van der Waals surface area contributed by atoms with Crippen LogP contribution in [0.1, 0.15) is 35.8 Å². The maximum absolute atomic E-state index is 5.55. The van der Waals surface area contributed by atoms with Crippen molar-refractivity contribution in [2.75, 3.05) is 13.7 Å². The minimum Gasteiger partial charge on any atom is -0.481 e. The Morgan fingerprint density at radius 2 is 2.35 bits per heavy atom. The molecule has 5 nitrogen and oxygen atoms in total. The first-order valence-corrected chi connectivity index (χ1v) is 7.83. The van der Waals surface area contributed by atoms with E-state index in [4.69, 9.17) is 4.74 Å². The lowest BCUT2D eigenvalue weighted by molar-refractivity contribution is 0.239. The molecule has 1 atom stereocenters. The normalized spacial score (nSPS) is 19.6. The first-order chi connectivity index (χ1) is 9.70. The predicted octanol–water partition coefficient (Wildman–Crippen LogP) is 2.53. The second-order valence-electron chi connectivity index (χ2n) is 5.24. The van der Waals surface area contributed by atoms with Gasteiger partial charge in [0.05, 0.1) is 29.6 Å². The average Bonchev–Trinajstić information content (AvgIpc) is 3.11. The Labute approximate surface area is 123 Å². The molecule has 0 bridgehead atoms. The van der Waals surface area contributed by atoms with Crippen molar-refractivity contribution >= 4 is 11.3 Å². The Balaban J connectivity index is 1.88. The van der Waals surface area contributed by atoms with Crippen LogP contribution in [0, 0.1) is 6.92 Å². The summed E-state index contributed by atoms with van der Waals surface area (Å²) in [5, 5.41) is 6.64. The first kappa shape index (κ1) is 13.6. The molecule has 1 aliphatic heterocycles. The molecule has 1 fully saturated rings. The summed E-state index contributed by atoms with van der Waals surface area (Å²) in [5.74, 6) is 0.887. The summed E-state index contributed by atoms with van der Waals surface area (Å²) in [5.41, 5.74) is 5.36. The summed E-state index contributed by atoms with van der Waals surface area (Å²) in [6.07, 6.45) is 2.37. The van der Waals surface area contributed by atoms with E-state index < -0.39 is 0 Å². The van der Waals surface area contributed by atoms with Crippen LogP contribution in [0.4, 0.5) is 0 Å². The second kappa shape index (κ2) is 5.54. The fourth-order valence-electron chi connectivity index (χ4n) is 3.15. The van der Waals surface area contributed by atoms with Gasteiger partial charge in [-0.2, -0.15) is 5.10 Å². The number of rotatable bonds is 4. The van der Waals surface area contributed by atoms with Gasteiger partial charge < -0.3 is 4.74 Å². The molecule has 1 unspecified atom stereocenters. The van der Waals surface area contributed by atoms with E-state index in [1.165, 1.54) is 12.0 Å². The van der Waals surface area contributed by atoms with Crippen LogP contribution in [0.25, 0.3) is 0 Å². The van der Waals surface area contributed by atoms with Gasteiger partial charge in [0.2, 0.25) is 5.88 Å². The molecule has 0 aliphatic carbocycles. The van der Waals surface area contributed by atoms with Crippen LogP contribution in [0.2, 0.25) is 0 Å². The van der Waals surface area contributed by atoms with Crippen LogP contribution in [-0.2, 0) is 13.6 Å². The van der Waals surface area contributed by atoms with E-state index in [9.17, 15) is 0 Å². The lowest BCUT2D eigenvalue weighted by Gasteiger charge is -2.24. The van der Waals surface area contributed by atoms with Crippen molar-refractivity contribution in [1.82, 2.24) is 19.7 Å². The molecule has 2 aromatic rings. The van der Waals surface area contributed by atoms with E-state index in [-0.39, 0.29) is 0 Å². The molecule has 0 amide bonds. The SMILES string of the molecule is COc1c(C2CCCN2Cc2cscn2)c(C)nn1C. The number of aromatic nitrogens is 3. The number of likely N-dealkylation sites (tertiary alicyclic amines) is 1. The third-order valence-electron chi connectivity index (χ3n) is 3.95. The van der Waals surface area contributed by atoms with E-state index in [0.29, 0.717) is 6.04 Å². The maximum Gasteiger partial charge on any atom is 0.216 e. The number of methoxy groups -OCH3 is 1. The van der Waals surface area contributed by atoms with Crippen LogP contribution in [-0.4, -0.2) is 33.3 Å². The minimum absolute atomic E-state index is 0.389. The molecule has 108 valence electrons. The number of thiazole rings is 1. The van der Waals surface area contributed by atoms with Gasteiger partial charge in [0.25, 0.3) is 0 Å². The van der Waals surface area contributed by atoms with E-state index >= 15 is 0 Å². The number of nitrogens with zero attached hydrogens (tertiary/aromatic N) is 4. The highest BCUT2D eigenvalue weighted by Gasteiger charge is 2.32. The van der Waals surface area contributed by atoms with Gasteiger partial charge in [0.1, 0.15) is 0 Å². The molecule has 6 heteroatoms. The Hall–Kier alpha value is -1.40. The second-order valence-corrected chi connectivity index (χ2v) is 5.96. The topological polar surface area (TPSA) is 43.2 Å². The summed E-state index contributed by atoms with van der Waals surface area (Å²) in [6.45, 7) is 4.09. The molecule has 1 aliphatic rings. The summed E-state index contributed by atoms with van der Waals surface area (Å²) >= 11 is 1.66. The summed E-state index contributed by atoms with van der Waals surface area (Å²) in [7, 11) is 3.66. The zero-order chi connectivity index (χ0) is 14.1. The van der Waals surface area contributed by atoms with Crippen LogP contribution in [0.15, 0.2) is 10.9 Å². The minimum atomic E-state index is 0.389. The fraction of sp³-hybridized carbons (Fsp3) is 0.571. The van der Waals surface area contributed by atoms with Gasteiger partial charge in [-0.1, -0.05) is 0 Å². The van der Waals surface area contributed by atoms with Crippen LogP contribution < -0.4 is 4.74 Å². The first-order valence-electron chi connectivity index (χ1n) is 6.89. The van der Waals surface area contributed by atoms with Gasteiger partial charge in [-0.15, -0.1) is 11.3 Å². The molecule has 3 rings (SSSR count).